The number of guanidine groups is 1. The largest absolute Gasteiger partial charge is 0.357 e. The average molecular weight is 536 g/mol. The predicted octanol–water partition coefficient (Wildman–Crippen LogP) is 3.89. The van der Waals surface area contributed by atoms with E-state index in [-0.39, 0.29) is 29.8 Å². The molecule has 1 atom stereocenters. The van der Waals surface area contributed by atoms with E-state index in [1.54, 1.807) is 6.07 Å². The molecule has 0 saturated carbocycles. The van der Waals surface area contributed by atoms with Gasteiger partial charge in [-0.2, -0.15) is 5.10 Å². The number of aryl methyl sites for hydroxylation is 1. The van der Waals surface area contributed by atoms with E-state index in [9.17, 15) is 4.39 Å². The van der Waals surface area contributed by atoms with Gasteiger partial charge < -0.3 is 10.2 Å². The SMILES string of the molecule is CCNC(=NCc1ccc(Br)c(F)c1)N1CCC(c2cnn(C)c2)C1.I. The minimum Gasteiger partial charge on any atom is -0.357 e. The number of aliphatic imine (C=N–C) groups is 1. The van der Waals surface area contributed by atoms with E-state index in [4.69, 9.17) is 4.99 Å². The number of aromatic nitrogens is 2. The summed E-state index contributed by atoms with van der Waals surface area (Å²) in [5, 5.41) is 7.62. The van der Waals surface area contributed by atoms with Crippen molar-refractivity contribution >= 4 is 45.9 Å². The van der Waals surface area contributed by atoms with Crippen molar-refractivity contribution in [3.63, 3.8) is 0 Å². The van der Waals surface area contributed by atoms with Gasteiger partial charge in [-0.05, 0) is 52.5 Å². The maximum Gasteiger partial charge on any atom is 0.194 e. The highest BCUT2D eigenvalue weighted by Crippen LogP contribution is 2.26. The molecule has 0 amide bonds. The standard InChI is InChI=1S/C18H23BrFN5.HI/c1-3-21-18(22-9-13-4-5-16(19)17(20)8-13)25-7-6-14(12-25)15-10-23-24(2)11-15;/h4-5,8,10-11,14H,3,6-7,9,12H2,1-2H3,(H,21,22);1H. The highest BCUT2D eigenvalue weighted by molar-refractivity contribution is 14.0. The fourth-order valence-corrected chi connectivity index (χ4v) is 3.35. The van der Waals surface area contributed by atoms with Crippen LogP contribution in [0, 0.1) is 5.82 Å². The average Bonchev–Trinajstić information content (AvgIpc) is 3.23. The third kappa shape index (κ3) is 5.18. The third-order valence-corrected chi connectivity index (χ3v) is 5.06. The molecule has 1 aromatic heterocycles. The van der Waals surface area contributed by atoms with Gasteiger partial charge in [-0.15, -0.1) is 24.0 Å². The van der Waals surface area contributed by atoms with Crippen molar-refractivity contribution in [1.82, 2.24) is 20.0 Å². The molecule has 2 heterocycles. The van der Waals surface area contributed by atoms with Crippen LogP contribution in [0.5, 0.6) is 0 Å². The number of nitrogens with zero attached hydrogens (tertiary/aromatic N) is 4. The Balaban J connectivity index is 0.00000243. The van der Waals surface area contributed by atoms with Gasteiger partial charge in [0.1, 0.15) is 5.82 Å². The summed E-state index contributed by atoms with van der Waals surface area (Å²) in [4.78, 5) is 6.97. The quantitative estimate of drug-likeness (QED) is 0.367. The molecule has 0 aliphatic carbocycles. The van der Waals surface area contributed by atoms with Crippen LogP contribution >= 0.6 is 39.9 Å². The van der Waals surface area contributed by atoms with Gasteiger partial charge >= 0.3 is 0 Å². The molecule has 0 spiro atoms. The van der Waals surface area contributed by atoms with Crippen molar-refractivity contribution in [3.05, 3.63) is 52.0 Å². The smallest absolute Gasteiger partial charge is 0.194 e. The van der Waals surface area contributed by atoms with E-state index in [2.05, 4.69) is 44.4 Å². The molecule has 1 aliphatic rings. The third-order valence-electron chi connectivity index (χ3n) is 4.41. The van der Waals surface area contributed by atoms with Crippen molar-refractivity contribution in [3.8, 4) is 0 Å². The number of benzene rings is 1. The molecule has 0 bridgehead atoms. The molecule has 0 radical (unpaired) electrons. The zero-order valence-corrected chi connectivity index (χ0v) is 18.9. The Morgan fingerprint density at radius 2 is 2.27 bits per heavy atom. The molecule has 26 heavy (non-hydrogen) atoms. The van der Waals surface area contributed by atoms with E-state index >= 15 is 0 Å². The summed E-state index contributed by atoms with van der Waals surface area (Å²) < 4.78 is 16.0. The lowest BCUT2D eigenvalue weighted by atomic mass is 10.0. The van der Waals surface area contributed by atoms with Gasteiger partial charge in [0.05, 0.1) is 17.2 Å². The first-order valence-electron chi connectivity index (χ1n) is 8.52. The molecular weight excluding hydrogens is 512 g/mol. The summed E-state index contributed by atoms with van der Waals surface area (Å²) >= 11 is 3.18. The second-order valence-corrected chi connectivity index (χ2v) is 7.15. The summed E-state index contributed by atoms with van der Waals surface area (Å²) in [6.07, 6.45) is 5.12. The molecule has 1 N–H and O–H groups in total. The Kier molecular flexibility index (Phi) is 7.87. The molecule has 3 rings (SSSR count). The fourth-order valence-electron chi connectivity index (χ4n) is 3.11. The van der Waals surface area contributed by atoms with Gasteiger partial charge in [0.15, 0.2) is 5.96 Å². The minimum absolute atomic E-state index is 0. The lowest BCUT2D eigenvalue weighted by molar-refractivity contribution is 0.486. The Labute approximate surface area is 179 Å². The van der Waals surface area contributed by atoms with Crippen LogP contribution < -0.4 is 5.32 Å². The van der Waals surface area contributed by atoms with Crippen LogP contribution in [0.3, 0.4) is 0 Å². The molecule has 1 aromatic carbocycles. The molecular formula is C18H24BrFIN5. The van der Waals surface area contributed by atoms with Crippen molar-refractivity contribution in [1.29, 1.82) is 0 Å². The Morgan fingerprint density at radius 3 is 2.92 bits per heavy atom. The van der Waals surface area contributed by atoms with E-state index in [1.807, 2.05) is 24.0 Å². The van der Waals surface area contributed by atoms with Gasteiger partial charge in [-0.1, -0.05) is 6.07 Å². The summed E-state index contributed by atoms with van der Waals surface area (Å²) in [5.41, 5.74) is 2.13. The summed E-state index contributed by atoms with van der Waals surface area (Å²) in [6.45, 7) is 5.21. The number of likely N-dealkylation sites (tertiary alicyclic amines) is 1. The monoisotopic (exact) mass is 535 g/mol. The van der Waals surface area contributed by atoms with Crippen LogP contribution in [0.2, 0.25) is 0 Å². The Hall–Kier alpha value is -1.16. The molecule has 8 heteroatoms. The van der Waals surface area contributed by atoms with Gasteiger partial charge in [0, 0.05) is 38.8 Å². The van der Waals surface area contributed by atoms with E-state index in [1.165, 1.54) is 11.6 Å². The van der Waals surface area contributed by atoms with Crippen LogP contribution in [0.25, 0.3) is 0 Å². The molecule has 2 aromatic rings. The second-order valence-electron chi connectivity index (χ2n) is 6.30. The number of rotatable bonds is 4. The van der Waals surface area contributed by atoms with Crippen LogP contribution in [-0.4, -0.2) is 40.3 Å². The number of nitrogens with one attached hydrogen (secondary N) is 1. The van der Waals surface area contributed by atoms with Crippen molar-refractivity contribution < 1.29 is 4.39 Å². The molecule has 142 valence electrons. The lowest BCUT2D eigenvalue weighted by Gasteiger charge is -2.21. The molecule has 5 nitrogen and oxygen atoms in total. The maximum absolute atomic E-state index is 13.7. The Morgan fingerprint density at radius 1 is 1.46 bits per heavy atom. The molecule has 1 aliphatic heterocycles. The zero-order valence-electron chi connectivity index (χ0n) is 15.0. The van der Waals surface area contributed by atoms with Crippen LogP contribution in [0.1, 0.15) is 30.4 Å². The highest BCUT2D eigenvalue weighted by atomic mass is 127. The highest BCUT2D eigenvalue weighted by Gasteiger charge is 2.26. The predicted molar refractivity (Wildman–Crippen MR) is 116 cm³/mol. The summed E-state index contributed by atoms with van der Waals surface area (Å²) in [6, 6.07) is 5.14. The van der Waals surface area contributed by atoms with E-state index < -0.39 is 0 Å². The van der Waals surface area contributed by atoms with Gasteiger partial charge in [-0.3, -0.25) is 4.68 Å². The van der Waals surface area contributed by atoms with Crippen molar-refractivity contribution in [2.24, 2.45) is 12.0 Å². The topological polar surface area (TPSA) is 45.5 Å². The van der Waals surface area contributed by atoms with E-state index in [0.717, 1.165) is 37.6 Å². The maximum atomic E-state index is 13.7. The molecule has 1 unspecified atom stereocenters. The fraction of sp³-hybridized carbons (Fsp3) is 0.444. The first-order chi connectivity index (χ1) is 12.1. The minimum atomic E-state index is -0.254. The summed E-state index contributed by atoms with van der Waals surface area (Å²) in [7, 11) is 1.94. The van der Waals surface area contributed by atoms with Crippen molar-refractivity contribution in [2.45, 2.75) is 25.8 Å². The molecule has 1 saturated heterocycles. The number of hydrogen-bond acceptors (Lipinski definition) is 2. The lowest BCUT2D eigenvalue weighted by Crippen LogP contribution is -2.40. The second kappa shape index (κ2) is 9.68. The number of hydrogen-bond donors (Lipinski definition) is 1. The molecule has 1 fully saturated rings. The first kappa shape index (κ1) is 21.1. The zero-order chi connectivity index (χ0) is 17.8. The van der Waals surface area contributed by atoms with Crippen LogP contribution in [-0.2, 0) is 13.6 Å². The normalized spacial score (nSPS) is 17.3. The summed E-state index contributed by atoms with van der Waals surface area (Å²) in [5.74, 6) is 1.11. The number of halogens is 3. The van der Waals surface area contributed by atoms with Gasteiger partial charge in [-0.25, -0.2) is 9.38 Å². The van der Waals surface area contributed by atoms with Crippen molar-refractivity contribution in [2.75, 3.05) is 19.6 Å². The van der Waals surface area contributed by atoms with Gasteiger partial charge in [0.25, 0.3) is 0 Å². The van der Waals surface area contributed by atoms with Crippen LogP contribution in [0.4, 0.5) is 4.39 Å². The Bertz CT molecular complexity index is 764. The van der Waals surface area contributed by atoms with Gasteiger partial charge in [0.2, 0.25) is 0 Å². The first-order valence-corrected chi connectivity index (χ1v) is 9.32. The van der Waals surface area contributed by atoms with Crippen LogP contribution in [0.15, 0.2) is 40.1 Å². The van der Waals surface area contributed by atoms with E-state index in [0.29, 0.717) is 16.9 Å².